The van der Waals surface area contributed by atoms with E-state index in [1.54, 1.807) is 11.0 Å². The molecule has 1 fully saturated rings. The molecule has 0 aliphatic heterocycles. The van der Waals surface area contributed by atoms with Crippen LogP contribution in [0.1, 0.15) is 58.7 Å². The minimum atomic E-state index is 0.456. The Bertz CT molecular complexity index is 391. The van der Waals surface area contributed by atoms with Gasteiger partial charge in [0.2, 0.25) is 0 Å². The van der Waals surface area contributed by atoms with Crippen LogP contribution < -0.4 is 5.32 Å². The normalized spacial score (nSPS) is 25.3. The number of aryl methyl sites for hydroxylation is 1. The van der Waals surface area contributed by atoms with Crippen LogP contribution >= 0.6 is 0 Å². The molecule has 4 heteroatoms. The van der Waals surface area contributed by atoms with Crippen molar-refractivity contribution < 1.29 is 0 Å². The van der Waals surface area contributed by atoms with Gasteiger partial charge in [-0.25, -0.2) is 4.98 Å². The molecule has 0 radical (unpaired) electrons. The summed E-state index contributed by atoms with van der Waals surface area (Å²) in [5.74, 6) is 1.77. The molecule has 108 valence electrons. The van der Waals surface area contributed by atoms with E-state index >= 15 is 0 Å². The average molecular weight is 264 g/mol. The maximum absolute atomic E-state index is 4.32. The van der Waals surface area contributed by atoms with Crippen molar-refractivity contribution in [1.29, 1.82) is 0 Å². The Morgan fingerprint density at radius 2 is 2.05 bits per heavy atom. The SMILES string of the molecule is Cn1cnc(CNC2CCCC(C(C)(C)C)CC2)n1. The number of nitrogens with one attached hydrogen (secondary N) is 1. The zero-order chi connectivity index (χ0) is 13.9. The zero-order valence-electron chi connectivity index (χ0n) is 12.8. The van der Waals surface area contributed by atoms with E-state index < -0.39 is 0 Å². The first kappa shape index (κ1) is 14.5. The number of rotatable bonds is 3. The maximum Gasteiger partial charge on any atom is 0.164 e. The number of hydrogen-bond donors (Lipinski definition) is 1. The molecular formula is C15H28N4. The lowest BCUT2D eigenvalue weighted by atomic mass is 9.76. The van der Waals surface area contributed by atoms with E-state index in [0.29, 0.717) is 11.5 Å². The van der Waals surface area contributed by atoms with Gasteiger partial charge in [-0.05, 0) is 37.0 Å². The molecule has 0 saturated heterocycles. The molecular weight excluding hydrogens is 236 g/mol. The van der Waals surface area contributed by atoms with Gasteiger partial charge in [0, 0.05) is 13.1 Å². The molecule has 19 heavy (non-hydrogen) atoms. The van der Waals surface area contributed by atoms with E-state index in [1.807, 2.05) is 7.05 Å². The van der Waals surface area contributed by atoms with Gasteiger partial charge in [0.05, 0.1) is 6.54 Å². The van der Waals surface area contributed by atoms with Gasteiger partial charge in [-0.1, -0.05) is 27.2 Å². The fraction of sp³-hybridized carbons (Fsp3) is 0.867. The lowest BCUT2D eigenvalue weighted by Gasteiger charge is -2.29. The summed E-state index contributed by atoms with van der Waals surface area (Å²) in [7, 11) is 1.91. The molecule has 1 aromatic heterocycles. The molecule has 1 saturated carbocycles. The third kappa shape index (κ3) is 4.30. The van der Waals surface area contributed by atoms with Gasteiger partial charge in [0.25, 0.3) is 0 Å². The summed E-state index contributed by atoms with van der Waals surface area (Å²) in [5, 5.41) is 7.94. The molecule has 1 N–H and O–H groups in total. The molecule has 2 atom stereocenters. The molecule has 1 heterocycles. The lowest BCUT2D eigenvalue weighted by molar-refractivity contribution is 0.213. The molecule has 1 aliphatic carbocycles. The van der Waals surface area contributed by atoms with Crippen molar-refractivity contribution in [3.8, 4) is 0 Å². The molecule has 0 aromatic carbocycles. The van der Waals surface area contributed by atoms with Crippen molar-refractivity contribution in [2.24, 2.45) is 18.4 Å². The minimum Gasteiger partial charge on any atom is -0.307 e. The highest BCUT2D eigenvalue weighted by atomic mass is 15.3. The fourth-order valence-electron chi connectivity index (χ4n) is 3.07. The van der Waals surface area contributed by atoms with Gasteiger partial charge in [-0.3, -0.25) is 4.68 Å². The van der Waals surface area contributed by atoms with Crippen molar-refractivity contribution in [3.63, 3.8) is 0 Å². The second-order valence-electron chi connectivity index (χ2n) is 6.98. The minimum absolute atomic E-state index is 0.456. The summed E-state index contributed by atoms with van der Waals surface area (Å²) in [4.78, 5) is 4.27. The van der Waals surface area contributed by atoms with E-state index in [0.717, 1.165) is 18.3 Å². The topological polar surface area (TPSA) is 42.7 Å². The molecule has 1 aromatic rings. The highest BCUT2D eigenvalue weighted by molar-refractivity contribution is 4.85. The van der Waals surface area contributed by atoms with Crippen molar-refractivity contribution in [2.45, 2.75) is 65.5 Å². The van der Waals surface area contributed by atoms with Crippen LogP contribution in [0.15, 0.2) is 6.33 Å². The second kappa shape index (κ2) is 6.04. The molecule has 0 spiro atoms. The predicted molar refractivity (Wildman–Crippen MR) is 77.7 cm³/mol. The van der Waals surface area contributed by atoms with Crippen LogP contribution in [-0.4, -0.2) is 20.8 Å². The van der Waals surface area contributed by atoms with Crippen LogP contribution in [0.5, 0.6) is 0 Å². The fourth-order valence-corrected chi connectivity index (χ4v) is 3.07. The summed E-state index contributed by atoms with van der Waals surface area (Å²) in [6.07, 6.45) is 8.41. The van der Waals surface area contributed by atoms with Gasteiger partial charge < -0.3 is 5.32 Å². The average Bonchev–Trinajstić information content (AvgIpc) is 2.61. The van der Waals surface area contributed by atoms with E-state index in [4.69, 9.17) is 0 Å². The summed E-state index contributed by atoms with van der Waals surface area (Å²) in [6, 6.07) is 0.635. The van der Waals surface area contributed by atoms with Gasteiger partial charge in [-0.2, -0.15) is 5.10 Å². The predicted octanol–water partition coefficient (Wildman–Crippen LogP) is 2.90. The van der Waals surface area contributed by atoms with Gasteiger partial charge in [0.1, 0.15) is 6.33 Å². The van der Waals surface area contributed by atoms with E-state index in [1.165, 1.54) is 32.1 Å². The smallest absolute Gasteiger partial charge is 0.164 e. The standard InChI is InChI=1S/C15H28N4/c1-15(2,3)12-6-5-7-13(9-8-12)16-10-14-17-11-19(4)18-14/h11-13,16H,5-10H2,1-4H3. The van der Waals surface area contributed by atoms with Crippen molar-refractivity contribution >= 4 is 0 Å². The molecule has 2 rings (SSSR count). The lowest BCUT2D eigenvalue weighted by Crippen LogP contribution is -2.29. The first-order valence-electron chi connectivity index (χ1n) is 7.53. The van der Waals surface area contributed by atoms with Crippen LogP contribution in [0.2, 0.25) is 0 Å². The summed E-state index contributed by atoms with van der Waals surface area (Å²) < 4.78 is 1.76. The largest absolute Gasteiger partial charge is 0.307 e. The Kier molecular flexibility index (Phi) is 4.61. The zero-order valence-corrected chi connectivity index (χ0v) is 12.8. The molecule has 2 unspecified atom stereocenters. The van der Waals surface area contributed by atoms with Gasteiger partial charge >= 0.3 is 0 Å². The maximum atomic E-state index is 4.32. The van der Waals surface area contributed by atoms with Crippen molar-refractivity contribution in [2.75, 3.05) is 0 Å². The summed E-state index contributed by atoms with van der Waals surface area (Å²) in [5.41, 5.74) is 0.456. The van der Waals surface area contributed by atoms with E-state index in [9.17, 15) is 0 Å². The van der Waals surface area contributed by atoms with Crippen LogP contribution in [0.3, 0.4) is 0 Å². The van der Waals surface area contributed by atoms with Crippen LogP contribution in [0.4, 0.5) is 0 Å². The van der Waals surface area contributed by atoms with E-state index in [-0.39, 0.29) is 0 Å². The Labute approximate surface area is 117 Å². The molecule has 1 aliphatic rings. The quantitative estimate of drug-likeness (QED) is 0.854. The second-order valence-corrected chi connectivity index (χ2v) is 6.98. The summed E-state index contributed by atoms with van der Waals surface area (Å²) in [6.45, 7) is 7.93. The van der Waals surface area contributed by atoms with Crippen LogP contribution in [0.25, 0.3) is 0 Å². The Morgan fingerprint density at radius 1 is 1.26 bits per heavy atom. The Hall–Kier alpha value is -0.900. The Morgan fingerprint density at radius 3 is 2.68 bits per heavy atom. The summed E-state index contributed by atoms with van der Waals surface area (Å²) >= 11 is 0. The first-order valence-corrected chi connectivity index (χ1v) is 7.53. The first-order chi connectivity index (χ1) is 8.95. The van der Waals surface area contributed by atoms with Gasteiger partial charge in [-0.15, -0.1) is 0 Å². The highest BCUT2D eigenvalue weighted by Crippen LogP contribution is 2.36. The number of hydrogen-bond acceptors (Lipinski definition) is 3. The molecule has 4 nitrogen and oxygen atoms in total. The van der Waals surface area contributed by atoms with Gasteiger partial charge in [0.15, 0.2) is 5.82 Å². The van der Waals surface area contributed by atoms with Crippen LogP contribution in [-0.2, 0) is 13.6 Å². The van der Waals surface area contributed by atoms with Crippen molar-refractivity contribution in [3.05, 3.63) is 12.2 Å². The van der Waals surface area contributed by atoms with E-state index in [2.05, 4.69) is 36.2 Å². The number of aromatic nitrogens is 3. The monoisotopic (exact) mass is 264 g/mol. The molecule has 0 bridgehead atoms. The molecule has 0 amide bonds. The third-order valence-corrected chi connectivity index (χ3v) is 4.39. The third-order valence-electron chi connectivity index (χ3n) is 4.39. The van der Waals surface area contributed by atoms with Crippen LogP contribution in [0, 0.1) is 11.3 Å². The van der Waals surface area contributed by atoms with Crippen molar-refractivity contribution in [1.82, 2.24) is 20.1 Å². The Balaban J connectivity index is 1.80. The number of nitrogens with zero attached hydrogens (tertiary/aromatic N) is 3. The highest BCUT2D eigenvalue weighted by Gasteiger charge is 2.27.